The molecule has 0 N–H and O–H groups in total. The summed E-state index contributed by atoms with van der Waals surface area (Å²) in [6.07, 6.45) is 1.80. The zero-order chi connectivity index (χ0) is 10.0. The fourth-order valence-corrected chi connectivity index (χ4v) is 1.85. The predicted octanol–water partition coefficient (Wildman–Crippen LogP) is 3.06. The molecule has 0 aliphatic heterocycles. The minimum absolute atomic E-state index is 0.176. The molecule has 0 fully saturated rings. The Labute approximate surface area is 81.3 Å². The van der Waals surface area contributed by atoms with Crippen molar-refractivity contribution in [3.05, 3.63) is 29.1 Å². The average Bonchev–Trinajstić information content (AvgIpc) is 2.04. The van der Waals surface area contributed by atoms with E-state index in [-0.39, 0.29) is 17.2 Å². The van der Waals surface area contributed by atoms with E-state index in [9.17, 15) is 9.18 Å². The van der Waals surface area contributed by atoms with Crippen LogP contribution in [0.5, 0.6) is 0 Å². The summed E-state index contributed by atoms with van der Waals surface area (Å²) in [5.74, 6) is -0.618. The zero-order valence-corrected chi connectivity index (χ0v) is 8.67. The van der Waals surface area contributed by atoms with Gasteiger partial charge in [-0.15, -0.1) is 11.8 Å². The topological polar surface area (TPSA) is 17.1 Å². The highest BCUT2D eigenvalue weighted by Crippen LogP contribution is 2.26. The molecule has 13 heavy (non-hydrogen) atoms. The van der Waals surface area contributed by atoms with Gasteiger partial charge in [-0.1, -0.05) is 6.07 Å². The highest BCUT2D eigenvalue weighted by Gasteiger charge is 2.12. The van der Waals surface area contributed by atoms with E-state index in [2.05, 4.69) is 0 Å². The number of rotatable bonds is 2. The Kier molecular flexibility index (Phi) is 3.09. The summed E-state index contributed by atoms with van der Waals surface area (Å²) in [4.78, 5) is 11.6. The van der Waals surface area contributed by atoms with Crippen molar-refractivity contribution >= 4 is 17.5 Å². The highest BCUT2D eigenvalue weighted by atomic mass is 32.2. The van der Waals surface area contributed by atoms with Crippen LogP contribution in [0.1, 0.15) is 22.8 Å². The summed E-state index contributed by atoms with van der Waals surface area (Å²) in [6.45, 7) is 3.21. The van der Waals surface area contributed by atoms with Gasteiger partial charge >= 0.3 is 0 Å². The van der Waals surface area contributed by atoms with Crippen LogP contribution in [0.2, 0.25) is 0 Å². The fourth-order valence-electron chi connectivity index (χ4n) is 1.18. The molecule has 0 atom stereocenters. The second kappa shape index (κ2) is 3.92. The monoisotopic (exact) mass is 198 g/mol. The van der Waals surface area contributed by atoms with E-state index >= 15 is 0 Å². The van der Waals surface area contributed by atoms with Gasteiger partial charge < -0.3 is 0 Å². The first kappa shape index (κ1) is 10.3. The Morgan fingerprint density at radius 3 is 2.54 bits per heavy atom. The maximum absolute atomic E-state index is 13.5. The number of ketones is 1. The molecule has 1 aromatic rings. The number of carbonyl (C=O) groups is 1. The normalized spacial score (nSPS) is 10.2. The Hall–Kier alpha value is -0.830. The largest absolute Gasteiger partial charge is 0.294 e. The van der Waals surface area contributed by atoms with Crippen LogP contribution in [-0.2, 0) is 0 Å². The molecule has 0 saturated heterocycles. The third kappa shape index (κ3) is 1.91. The maximum atomic E-state index is 13.5. The van der Waals surface area contributed by atoms with E-state index in [1.807, 2.05) is 6.92 Å². The number of hydrogen-bond donors (Lipinski definition) is 0. The smallest absolute Gasteiger partial charge is 0.162 e. The Morgan fingerprint density at radius 2 is 2.08 bits per heavy atom. The molecule has 0 unspecified atom stereocenters. The predicted molar refractivity (Wildman–Crippen MR) is 52.9 cm³/mol. The van der Waals surface area contributed by atoms with Crippen molar-refractivity contribution in [3.8, 4) is 0 Å². The van der Waals surface area contributed by atoms with Crippen molar-refractivity contribution in [1.29, 1.82) is 0 Å². The highest BCUT2D eigenvalue weighted by molar-refractivity contribution is 7.98. The molecule has 0 aliphatic carbocycles. The number of thioether (sulfide) groups is 1. The minimum Gasteiger partial charge on any atom is -0.294 e. The lowest BCUT2D eigenvalue weighted by Crippen LogP contribution is -1.99. The quantitative estimate of drug-likeness (QED) is 0.536. The van der Waals surface area contributed by atoms with Crippen LogP contribution in [0.4, 0.5) is 4.39 Å². The molecule has 1 nitrogen and oxygen atoms in total. The molecule has 1 rings (SSSR count). The van der Waals surface area contributed by atoms with Crippen LogP contribution in [0.25, 0.3) is 0 Å². The number of benzene rings is 1. The average molecular weight is 198 g/mol. The van der Waals surface area contributed by atoms with Crippen LogP contribution >= 0.6 is 11.8 Å². The van der Waals surface area contributed by atoms with E-state index in [1.54, 1.807) is 12.3 Å². The lowest BCUT2D eigenvalue weighted by atomic mass is 10.1. The van der Waals surface area contributed by atoms with E-state index < -0.39 is 0 Å². The van der Waals surface area contributed by atoms with Gasteiger partial charge in [-0.2, -0.15) is 0 Å². The summed E-state index contributed by atoms with van der Waals surface area (Å²) in [6, 6.07) is 3.30. The van der Waals surface area contributed by atoms with Crippen LogP contribution in [0.3, 0.4) is 0 Å². The fraction of sp³-hybridized carbons (Fsp3) is 0.300. The summed E-state index contributed by atoms with van der Waals surface area (Å²) in [7, 11) is 0. The third-order valence-corrected chi connectivity index (χ3v) is 2.79. The number of hydrogen-bond acceptors (Lipinski definition) is 2. The third-order valence-electron chi connectivity index (χ3n) is 1.88. The van der Waals surface area contributed by atoms with Crippen LogP contribution < -0.4 is 0 Å². The van der Waals surface area contributed by atoms with Gasteiger partial charge in [0, 0.05) is 4.90 Å². The van der Waals surface area contributed by atoms with Gasteiger partial charge in [-0.3, -0.25) is 4.79 Å². The Morgan fingerprint density at radius 1 is 1.46 bits per heavy atom. The number of Topliss-reactive ketones (excluding diaryl/α,β-unsaturated/α-hetero) is 1. The molecule has 0 aliphatic rings. The van der Waals surface area contributed by atoms with E-state index in [1.165, 1.54) is 24.8 Å². The molecule has 0 radical (unpaired) electrons. The van der Waals surface area contributed by atoms with Gasteiger partial charge in [0.25, 0.3) is 0 Å². The standard InChI is InChI=1S/C10H11FOS/c1-6-4-5-8(7(2)12)9(11)10(6)13-3/h4-5H,1-3H3. The Bertz CT molecular complexity index is 347. The first-order chi connectivity index (χ1) is 6.07. The van der Waals surface area contributed by atoms with E-state index in [0.29, 0.717) is 4.90 Å². The Balaban J connectivity index is 3.35. The van der Waals surface area contributed by atoms with Crippen LogP contribution in [-0.4, -0.2) is 12.0 Å². The van der Waals surface area contributed by atoms with Crippen LogP contribution in [0, 0.1) is 12.7 Å². The van der Waals surface area contributed by atoms with E-state index in [4.69, 9.17) is 0 Å². The number of aryl methyl sites for hydroxylation is 1. The molecule has 0 bridgehead atoms. The summed E-state index contributed by atoms with van der Waals surface area (Å²) in [5, 5.41) is 0. The van der Waals surface area contributed by atoms with Gasteiger partial charge in [0.15, 0.2) is 5.78 Å². The van der Waals surface area contributed by atoms with Gasteiger partial charge in [0.2, 0.25) is 0 Å². The number of carbonyl (C=O) groups excluding carboxylic acids is 1. The second-order valence-electron chi connectivity index (χ2n) is 2.83. The van der Waals surface area contributed by atoms with Gasteiger partial charge in [-0.05, 0) is 31.7 Å². The maximum Gasteiger partial charge on any atom is 0.162 e. The van der Waals surface area contributed by atoms with Gasteiger partial charge in [0.05, 0.1) is 5.56 Å². The van der Waals surface area contributed by atoms with Crippen molar-refractivity contribution in [2.24, 2.45) is 0 Å². The molecule has 0 spiro atoms. The lowest BCUT2D eigenvalue weighted by Gasteiger charge is -2.06. The number of halogens is 1. The lowest BCUT2D eigenvalue weighted by molar-refractivity contribution is 0.101. The molecule has 70 valence electrons. The van der Waals surface area contributed by atoms with Crippen molar-refractivity contribution in [3.63, 3.8) is 0 Å². The molecular weight excluding hydrogens is 187 g/mol. The zero-order valence-electron chi connectivity index (χ0n) is 7.85. The molecule has 0 saturated carbocycles. The van der Waals surface area contributed by atoms with E-state index in [0.717, 1.165) is 5.56 Å². The summed E-state index contributed by atoms with van der Waals surface area (Å²) < 4.78 is 13.5. The van der Waals surface area contributed by atoms with Gasteiger partial charge in [0.1, 0.15) is 5.82 Å². The SMILES string of the molecule is CSc1c(C)ccc(C(C)=O)c1F. The second-order valence-corrected chi connectivity index (χ2v) is 3.65. The van der Waals surface area contributed by atoms with Crippen molar-refractivity contribution < 1.29 is 9.18 Å². The van der Waals surface area contributed by atoms with Crippen LogP contribution in [0.15, 0.2) is 17.0 Å². The molecular formula is C10H11FOS. The molecule has 0 amide bonds. The van der Waals surface area contributed by atoms with Gasteiger partial charge in [-0.25, -0.2) is 4.39 Å². The molecule has 0 heterocycles. The summed E-state index contributed by atoms with van der Waals surface area (Å²) >= 11 is 1.33. The molecule has 0 aromatic heterocycles. The molecule has 1 aromatic carbocycles. The van der Waals surface area contributed by atoms with Crippen molar-refractivity contribution in [1.82, 2.24) is 0 Å². The first-order valence-electron chi connectivity index (χ1n) is 3.92. The minimum atomic E-state index is -0.389. The van der Waals surface area contributed by atoms with Crippen molar-refractivity contribution in [2.45, 2.75) is 18.7 Å². The molecule has 3 heteroatoms. The van der Waals surface area contributed by atoms with Crippen molar-refractivity contribution in [2.75, 3.05) is 6.26 Å². The first-order valence-corrected chi connectivity index (χ1v) is 5.14. The summed E-state index contributed by atoms with van der Waals surface area (Å²) in [5.41, 5.74) is 1.05.